The minimum absolute atomic E-state index is 0.0895. The molecule has 24 heavy (non-hydrogen) atoms. The average molecular weight is 398 g/mol. The molecule has 0 aromatic heterocycles. The first kappa shape index (κ1) is 17.0. The van der Waals surface area contributed by atoms with Crippen LogP contribution in [0.4, 0.5) is 5.69 Å². The van der Waals surface area contributed by atoms with Gasteiger partial charge in [-0.25, -0.2) is 4.90 Å². The van der Waals surface area contributed by atoms with E-state index in [9.17, 15) is 24.6 Å². The molecule has 128 valence electrons. The summed E-state index contributed by atoms with van der Waals surface area (Å²) in [5, 5.41) is 26.1. The lowest BCUT2D eigenvalue weighted by atomic mass is 10.0. The van der Waals surface area contributed by atoms with Crippen LogP contribution in [-0.2, 0) is 14.4 Å². The summed E-state index contributed by atoms with van der Waals surface area (Å²) in [6.45, 7) is 0. The number of amides is 3. The smallest absolute Gasteiger partial charge is 0.244 e. The molecule has 3 atom stereocenters. The van der Waals surface area contributed by atoms with Crippen LogP contribution in [-0.4, -0.2) is 44.2 Å². The molecule has 0 radical (unpaired) electrons. The van der Waals surface area contributed by atoms with Crippen LogP contribution < -0.4 is 10.6 Å². The topological polar surface area (TPSA) is 119 Å². The molecule has 0 aliphatic carbocycles. The van der Waals surface area contributed by atoms with E-state index in [2.05, 4.69) is 26.6 Å². The summed E-state index contributed by atoms with van der Waals surface area (Å²) in [4.78, 5) is 36.2. The fourth-order valence-corrected chi connectivity index (χ4v) is 3.28. The van der Waals surface area contributed by atoms with Crippen molar-refractivity contribution in [3.05, 3.63) is 29.3 Å². The standard InChI is InChI=1S/C15H16BrN3O5/c16-6-11(21)17-8-3-1-2-7-12(8)15(24)19(14(7)23)9-4-5-10(20)18-13(9)22/h1-3,9,14-15,23-24H,4-6H2,(H,17,21)(H,18,20,22). The van der Waals surface area contributed by atoms with Gasteiger partial charge in [-0.2, -0.15) is 0 Å². The van der Waals surface area contributed by atoms with Gasteiger partial charge >= 0.3 is 0 Å². The number of halogens is 1. The second kappa shape index (κ2) is 6.60. The number of alkyl halides is 1. The number of piperidine rings is 1. The number of benzene rings is 1. The average Bonchev–Trinajstić information content (AvgIpc) is 2.80. The number of nitrogens with one attached hydrogen (secondary N) is 2. The predicted octanol–water partition coefficient (Wildman–Crippen LogP) is 0.123. The first-order valence-corrected chi connectivity index (χ1v) is 8.52. The Hall–Kier alpha value is -1.81. The maximum Gasteiger partial charge on any atom is 0.244 e. The Morgan fingerprint density at radius 3 is 2.75 bits per heavy atom. The first-order chi connectivity index (χ1) is 11.4. The molecular formula is C15H16BrN3O5. The van der Waals surface area contributed by atoms with E-state index in [1.807, 2.05) is 0 Å². The van der Waals surface area contributed by atoms with Crippen molar-refractivity contribution in [1.29, 1.82) is 0 Å². The van der Waals surface area contributed by atoms with Gasteiger partial charge in [-0.05, 0) is 12.5 Å². The first-order valence-electron chi connectivity index (χ1n) is 7.40. The fraction of sp³-hybridized carbons (Fsp3) is 0.400. The zero-order chi connectivity index (χ0) is 17.4. The monoisotopic (exact) mass is 397 g/mol. The van der Waals surface area contributed by atoms with Gasteiger partial charge in [0.15, 0.2) is 0 Å². The van der Waals surface area contributed by atoms with Gasteiger partial charge in [0.2, 0.25) is 17.7 Å². The SMILES string of the molecule is O=C1CCC(N2C(O)c3cccc(NC(=O)CBr)c3C2O)C(=O)N1. The number of hydrogen-bond donors (Lipinski definition) is 4. The van der Waals surface area contributed by atoms with Crippen molar-refractivity contribution < 1.29 is 24.6 Å². The summed E-state index contributed by atoms with van der Waals surface area (Å²) in [6, 6.07) is 4.05. The summed E-state index contributed by atoms with van der Waals surface area (Å²) in [7, 11) is 0. The van der Waals surface area contributed by atoms with E-state index in [1.165, 1.54) is 4.90 Å². The van der Waals surface area contributed by atoms with Gasteiger partial charge in [0.1, 0.15) is 12.5 Å². The Kier molecular flexibility index (Phi) is 4.68. The van der Waals surface area contributed by atoms with Gasteiger partial charge in [-0.15, -0.1) is 0 Å². The molecule has 1 saturated heterocycles. The van der Waals surface area contributed by atoms with Crippen molar-refractivity contribution in [2.75, 3.05) is 10.6 Å². The minimum Gasteiger partial charge on any atom is -0.374 e. The Bertz CT molecular complexity index is 710. The van der Waals surface area contributed by atoms with Crippen LogP contribution in [0.2, 0.25) is 0 Å². The molecule has 2 heterocycles. The van der Waals surface area contributed by atoms with Crippen LogP contribution in [0.25, 0.3) is 0 Å². The van der Waals surface area contributed by atoms with Gasteiger partial charge in [0.05, 0.1) is 11.4 Å². The van der Waals surface area contributed by atoms with Crippen LogP contribution in [0.1, 0.15) is 36.4 Å². The molecule has 2 aliphatic heterocycles. The lowest BCUT2D eigenvalue weighted by Gasteiger charge is -2.34. The van der Waals surface area contributed by atoms with Gasteiger partial charge in [0, 0.05) is 23.2 Å². The van der Waals surface area contributed by atoms with Crippen molar-refractivity contribution in [1.82, 2.24) is 10.2 Å². The van der Waals surface area contributed by atoms with Crippen molar-refractivity contribution >= 4 is 39.3 Å². The molecule has 3 rings (SSSR count). The number of rotatable bonds is 3. The van der Waals surface area contributed by atoms with Crippen LogP contribution in [0.3, 0.4) is 0 Å². The number of aliphatic hydroxyl groups is 2. The fourth-order valence-electron chi connectivity index (χ4n) is 3.14. The molecule has 0 bridgehead atoms. The van der Waals surface area contributed by atoms with Crippen LogP contribution in [0.5, 0.6) is 0 Å². The second-order valence-corrected chi connectivity index (χ2v) is 6.21. The van der Waals surface area contributed by atoms with Crippen molar-refractivity contribution in [2.24, 2.45) is 0 Å². The third kappa shape index (κ3) is 2.84. The highest BCUT2D eigenvalue weighted by atomic mass is 79.9. The van der Waals surface area contributed by atoms with Crippen molar-refractivity contribution in [3.8, 4) is 0 Å². The Morgan fingerprint density at radius 1 is 1.33 bits per heavy atom. The van der Waals surface area contributed by atoms with Gasteiger partial charge in [-0.3, -0.25) is 19.7 Å². The van der Waals surface area contributed by atoms with Crippen LogP contribution in [0.15, 0.2) is 18.2 Å². The Balaban J connectivity index is 1.93. The van der Waals surface area contributed by atoms with Gasteiger partial charge in [-0.1, -0.05) is 28.1 Å². The normalized spacial score (nSPS) is 26.9. The van der Waals surface area contributed by atoms with E-state index in [0.717, 1.165) is 0 Å². The zero-order valence-corrected chi connectivity index (χ0v) is 14.1. The van der Waals surface area contributed by atoms with Crippen LogP contribution in [0, 0.1) is 0 Å². The highest BCUT2D eigenvalue weighted by Gasteiger charge is 2.45. The lowest BCUT2D eigenvalue weighted by molar-refractivity contribution is -0.154. The molecule has 1 fully saturated rings. The summed E-state index contributed by atoms with van der Waals surface area (Å²) >= 11 is 3.05. The largest absolute Gasteiger partial charge is 0.374 e. The Labute approximate surface area is 146 Å². The summed E-state index contributed by atoms with van der Waals surface area (Å²) < 4.78 is 0. The number of hydrogen-bond acceptors (Lipinski definition) is 6. The molecule has 3 amide bonds. The van der Waals surface area contributed by atoms with E-state index >= 15 is 0 Å². The molecule has 8 nitrogen and oxygen atoms in total. The minimum atomic E-state index is -1.27. The van der Waals surface area contributed by atoms with E-state index in [-0.39, 0.29) is 30.0 Å². The number of aliphatic hydroxyl groups excluding tert-OH is 2. The molecule has 0 spiro atoms. The third-order valence-corrected chi connectivity index (χ3v) is 4.72. The number of carbonyl (C=O) groups is 3. The molecule has 1 aromatic carbocycles. The predicted molar refractivity (Wildman–Crippen MR) is 86.8 cm³/mol. The molecule has 1 aromatic rings. The maximum absolute atomic E-state index is 12.1. The highest BCUT2D eigenvalue weighted by Crippen LogP contribution is 2.45. The van der Waals surface area contributed by atoms with Gasteiger partial charge < -0.3 is 15.5 Å². The highest BCUT2D eigenvalue weighted by molar-refractivity contribution is 9.09. The molecule has 4 N–H and O–H groups in total. The van der Waals surface area contributed by atoms with Gasteiger partial charge in [0.25, 0.3) is 0 Å². The maximum atomic E-state index is 12.1. The number of anilines is 1. The molecular weight excluding hydrogens is 382 g/mol. The summed E-state index contributed by atoms with van der Waals surface area (Å²) in [5.41, 5.74) is 1.14. The van der Waals surface area contributed by atoms with E-state index in [4.69, 9.17) is 0 Å². The number of fused-ring (bicyclic) bond motifs is 1. The van der Waals surface area contributed by atoms with E-state index in [0.29, 0.717) is 16.8 Å². The number of imide groups is 1. The quantitative estimate of drug-likeness (QED) is 0.425. The van der Waals surface area contributed by atoms with E-state index in [1.54, 1.807) is 18.2 Å². The summed E-state index contributed by atoms with van der Waals surface area (Å²) in [5.74, 6) is -1.23. The second-order valence-electron chi connectivity index (χ2n) is 5.65. The van der Waals surface area contributed by atoms with Crippen LogP contribution >= 0.6 is 15.9 Å². The lowest BCUT2D eigenvalue weighted by Crippen LogP contribution is -2.52. The molecule has 0 saturated carbocycles. The van der Waals surface area contributed by atoms with Crippen molar-refractivity contribution in [2.45, 2.75) is 31.3 Å². The Morgan fingerprint density at radius 2 is 2.08 bits per heavy atom. The van der Waals surface area contributed by atoms with E-state index < -0.39 is 24.4 Å². The number of carbonyl (C=O) groups excluding carboxylic acids is 3. The molecule has 2 aliphatic rings. The van der Waals surface area contributed by atoms with Crippen molar-refractivity contribution in [3.63, 3.8) is 0 Å². The zero-order valence-electron chi connectivity index (χ0n) is 12.5. The number of nitrogens with zero attached hydrogens (tertiary/aromatic N) is 1. The summed E-state index contributed by atoms with van der Waals surface area (Å²) in [6.07, 6.45) is -2.14. The molecule has 3 unspecified atom stereocenters. The molecule has 9 heteroatoms. The third-order valence-electron chi connectivity index (χ3n) is 4.21.